The Morgan fingerprint density at radius 1 is 0.968 bits per heavy atom. The number of carbonyl (C=O) groups excluding carboxylic acids is 1. The van der Waals surface area contributed by atoms with Crippen molar-refractivity contribution in [2.75, 3.05) is 6.61 Å². The number of esters is 1. The first-order valence-electron chi connectivity index (χ1n) is 10.2. The van der Waals surface area contributed by atoms with Crippen LogP contribution in [0.3, 0.4) is 0 Å². The average molecular weight is 437 g/mol. The Labute approximate surface area is 182 Å². The quantitative estimate of drug-likeness (QED) is 0.319. The second-order valence-electron chi connectivity index (χ2n) is 8.22. The summed E-state index contributed by atoms with van der Waals surface area (Å²) in [7, 11) is 0. The zero-order valence-electron chi connectivity index (χ0n) is 18.3. The summed E-state index contributed by atoms with van der Waals surface area (Å²) in [5.74, 6) is -0.736. The number of phenols is 1. The van der Waals surface area contributed by atoms with Crippen LogP contribution in [0.25, 0.3) is 0 Å². The van der Waals surface area contributed by atoms with Gasteiger partial charge in [0.2, 0.25) is 6.29 Å². The number of aliphatic hydroxyl groups excluding tert-OH is 4. The lowest BCUT2D eigenvalue weighted by atomic mass is 9.98. The summed E-state index contributed by atoms with van der Waals surface area (Å²) in [6.07, 6.45) is -2.96. The largest absolute Gasteiger partial charge is 0.507 e. The molecule has 0 unspecified atom stereocenters. The third-order valence-electron chi connectivity index (χ3n) is 5.04. The SMILES string of the molecule is CC(C)=CCc1cc(C(=O)O[C@@H]2O[C@H](CO)[C@@H](O)[C@H](O)[C@H]2O)cc(CC=C(C)C)c1O. The second-order valence-corrected chi connectivity index (χ2v) is 8.22. The molecular weight excluding hydrogens is 404 g/mol. The number of rotatable bonds is 7. The summed E-state index contributed by atoms with van der Waals surface area (Å²) in [5, 5.41) is 49.8. The minimum absolute atomic E-state index is 0.0967. The first-order valence-corrected chi connectivity index (χ1v) is 10.2. The number of carbonyl (C=O) groups is 1. The molecule has 31 heavy (non-hydrogen) atoms. The molecule has 0 saturated carbocycles. The number of ether oxygens (including phenoxy) is 2. The molecule has 0 amide bonds. The molecule has 1 aliphatic rings. The Kier molecular flexibility index (Phi) is 8.79. The maximum atomic E-state index is 12.8. The molecule has 1 fully saturated rings. The van der Waals surface area contributed by atoms with Gasteiger partial charge in [0.05, 0.1) is 12.2 Å². The van der Waals surface area contributed by atoms with E-state index < -0.39 is 43.3 Å². The van der Waals surface area contributed by atoms with Gasteiger partial charge in [-0.1, -0.05) is 23.3 Å². The monoisotopic (exact) mass is 436 g/mol. The predicted octanol–water partition coefficient (Wildman–Crippen LogP) is 1.37. The highest BCUT2D eigenvalue weighted by Gasteiger charge is 2.45. The van der Waals surface area contributed by atoms with Crippen LogP contribution >= 0.6 is 0 Å². The number of phenolic OH excluding ortho intramolecular Hbond substituents is 1. The van der Waals surface area contributed by atoms with Crippen molar-refractivity contribution in [3.8, 4) is 5.75 Å². The lowest BCUT2D eigenvalue weighted by Gasteiger charge is -2.39. The summed E-state index contributed by atoms with van der Waals surface area (Å²) in [5.41, 5.74) is 3.34. The van der Waals surface area contributed by atoms with Crippen LogP contribution in [-0.2, 0) is 22.3 Å². The van der Waals surface area contributed by atoms with Gasteiger partial charge >= 0.3 is 5.97 Å². The topological polar surface area (TPSA) is 137 Å². The highest BCUT2D eigenvalue weighted by Crippen LogP contribution is 2.29. The van der Waals surface area contributed by atoms with Gasteiger partial charge in [-0.25, -0.2) is 4.79 Å². The normalized spacial score (nSPS) is 25.6. The minimum atomic E-state index is -1.69. The lowest BCUT2D eigenvalue weighted by Crippen LogP contribution is -2.59. The van der Waals surface area contributed by atoms with E-state index in [1.165, 1.54) is 12.1 Å². The highest BCUT2D eigenvalue weighted by molar-refractivity contribution is 5.90. The second kappa shape index (κ2) is 10.9. The van der Waals surface area contributed by atoms with Crippen LogP contribution in [0.5, 0.6) is 5.75 Å². The average Bonchev–Trinajstić information content (AvgIpc) is 2.72. The zero-order valence-corrected chi connectivity index (χ0v) is 18.3. The number of aliphatic hydroxyl groups is 4. The van der Waals surface area contributed by atoms with Crippen LogP contribution in [-0.4, -0.2) is 68.8 Å². The Bertz CT molecular complexity index is 793. The zero-order chi connectivity index (χ0) is 23.3. The molecule has 0 bridgehead atoms. The molecule has 5 atom stereocenters. The molecule has 5 N–H and O–H groups in total. The Balaban J connectivity index is 2.33. The lowest BCUT2D eigenvalue weighted by molar-refractivity contribution is -0.285. The van der Waals surface area contributed by atoms with E-state index in [9.17, 15) is 30.3 Å². The Hall–Kier alpha value is -2.23. The van der Waals surface area contributed by atoms with Gasteiger partial charge in [-0.2, -0.15) is 0 Å². The number of benzene rings is 1. The smallest absolute Gasteiger partial charge is 0.340 e. The first kappa shape index (κ1) is 25.0. The Morgan fingerprint density at radius 2 is 1.48 bits per heavy atom. The summed E-state index contributed by atoms with van der Waals surface area (Å²) in [4.78, 5) is 12.8. The van der Waals surface area contributed by atoms with Crippen molar-refractivity contribution < 1.29 is 39.8 Å². The van der Waals surface area contributed by atoms with E-state index in [0.29, 0.717) is 24.0 Å². The third kappa shape index (κ3) is 6.38. The van der Waals surface area contributed by atoms with Crippen molar-refractivity contribution >= 4 is 5.97 Å². The van der Waals surface area contributed by atoms with Gasteiger partial charge in [0.15, 0.2) is 0 Å². The molecule has 1 aliphatic heterocycles. The summed E-state index contributed by atoms with van der Waals surface area (Å²) < 4.78 is 10.5. The molecule has 8 heteroatoms. The van der Waals surface area contributed by atoms with E-state index in [2.05, 4.69) is 0 Å². The van der Waals surface area contributed by atoms with Crippen LogP contribution in [0, 0.1) is 0 Å². The fourth-order valence-electron chi connectivity index (χ4n) is 3.16. The van der Waals surface area contributed by atoms with Gasteiger partial charge in [0.1, 0.15) is 30.2 Å². The van der Waals surface area contributed by atoms with Crippen LogP contribution in [0.2, 0.25) is 0 Å². The van der Waals surface area contributed by atoms with E-state index in [1.54, 1.807) is 0 Å². The maximum absolute atomic E-state index is 12.8. The Morgan fingerprint density at radius 3 is 1.94 bits per heavy atom. The van der Waals surface area contributed by atoms with Crippen molar-refractivity contribution in [2.24, 2.45) is 0 Å². The highest BCUT2D eigenvalue weighted by atomic mass is 16.7. The molecule has 1 aromatic rings. The van der Waals surface area contributed by atoms with E-state index in [-0.39, 0.29) is 11.3 Å². The van der Waals surface area contributed by atoms with Crippen molar-refractivity contribution in [3.05, 3.63) is 52.1 Å². The van der Waals surface area contributed by atoms with Crippen LogP contribution < -0.4 is 0 Å². The van der Waals surface area contributed by atoms with E-state index >= 15 is 0 Å². The fourth-order valence-corrected chi connectivity index (χ4v) is 3.16. The molecule has 1 saturated heterocycles. The fraction of sp³-hybridized carbons (Fsp3) is 0.522. The summed E-state index contributed by atoms with van der Waals surface area (Å²) in [6.45, 7) is 7.09. The van der Waals surface area contributed by atoms with E-state index in [0.717, 1.165) is 11.1 Å². The molecular formula is C23H32O8. The van der Waals surface area contributed by atoms with Gasteiger partial charge in [-0.3, -0.25) is 0 Å². The molecule has 8 nitrogen and oxygen atoms in total. The molecule has 0 radical (unpaired) electrons. The number of hydrogen-bond acceptors (Lipinski definition) is 8. The van der Waals surface area contributed by atoms with E-state index in [4.69, 9.17) is 9.47 Å². The van der Waals surface area contributed by atoms with Crippen LogP contribution in [0.1, 0.15) is 49.2 Å². The molecule has 0 aromatic heterocycles. The summed E-state index contributed by atoms with van der Waals surface area (Å²) >= 11 is 0. The van der Waals surface area contributed by atoms with E-state index in [1.807, 2.05) is 39.8 Å². The molecule has 172 valence electrons. The molecule has 2 rings (SSSR count). The first-order chi connectivity index (χ1) is 14.5. The molecule has 0 spiro atoms. The van der Waals surface area contributed by atoms with Gasteiger partial charge in [0.25, 0.3) is 0 Å². The molecule has 1 heterocycles. The van der Waals surface area contributed by atoms with Crippen molar-refractivity contribution in [1.82, 2.24) is 0 Å². The minimum Gasteiger partial charge on any atom is -0.507 e. The van der Waals surface area contributed by atoms with Crippen molar-refractivity contribution in [2.45, 2.75) is 71.2 Å². The number of hydrogen-bond donors (Lipinski definition) is 5. The maximum Gasteiger partial charge on any atom is 0.340 e. The van der Waals surface area contributed by atoms with Crippen molar-refractivity contribution in [3.63, 3.8) is 0 Å². The van der Waals surface area contributed by atoms with Crippen LogP contribution in [0.15, 0.2) is 35.4 Å². The van der Waals surface area contributed by atoms with Crippen molar-refractivity contribution in [1.29, 1.82) is 0 Å². The van der Waals surface area contributed by atoms with Crippen LogP contribution in [0.4, 0.5) is 0 Å². The standard InChI is InChI=1S/C23H32O8/c1-12(2)5-7-14-9-16(10-15(18(14)25)8-6-13(3)4)22(29)31-23-21(28)20(27)19(26)17(11-24)30-23/h5-6,9-10,17,19-21,23-28H,7-8,11H2,1-4H3/t17-,19-,20+,21-,23+/m1/s1. The summed E-state index contributed by atoms with van der Waals surface area (Å²) in [6, 6.07) is 3.01. The molecule has 1 aromatic carbocycles. The third-order valence-corrected chi connectivity index (χ3v) is 5.04. The van der Waals surface area contributed by atoms with Gasteiger partial charge in [0, 0.05) is 0 Å². The number of aromatic hydroxyl groups is 1. The predicted molar refractivity (Wildman–Crippen MR) is 114 cm³/mol. The van der Waals surface area contributed by atoms with Gasteiger partial charge < -0.3 is 35.0 Å². The molecule has 0 aliphatic carbocycles. The van der Waals surface area contributed by atoms with Gasteiger partial charge in [-0.05, 0) is 63.8 Å². The number of allylic oxidation sites excluding steroid dienone is 4. The van der Waals surface area contributed by atoms with Gasteiger partial charge in [-0.15, -0.1) is 0 Å².